The second-order valence-corrected chi connectivity index (χ2v) is 4.45. The Balaban J connectivity index is 2.29. The summed E-state index contributed by atoms with van der Waals surface area (Å²) >= 11 is 1.74. The van der Waals surface area contributed by atoms with Crippen LogP contribution in [0, 0.1) is 5.82 Å². The molecule has 1 atom stereocenters. The van der Waals surface area contributed by atoms with E-state index in [0.29, 0.717) is 0 Å². The van der Waals surface area contributed by atoms with Crippen molar-refractivity contribution in [1.82, 2.24) is 0 Å². The van der Waals surface area contributed by atoms with Gasteiger partial charge in [-0.15, -0.1) is 0 Å². The van der Waals surface area contributed by atoms with Crippen molar-refractivity contribution in [3.63, 3.8) is 0 Å². The van der Waals surface area contributed by atoms with Crippen LogP contribution in [0.25, 0.3) is 0 Å². The monoisotopic (exact) mass is 198 g/mol. The largest absolute Gasteiger partial charge is 0.384 e. The van der Waals surface area contributed by atoms with Crippen LogP contribution >= 0.6 is 11.8 Å². The lowest BCUT2D eigenvalue weighted by Crippen LogP contribution is -2.24. The van der Waals surface area contributed by atoms with Crippen LogP contribution in [0.3, 0.4) is 0 Å². The molecule has 1 N–H and O–H groups in total. The van der Waals surface area contributed by atoms with Gasteiger partial charge >= 0.3 is 0 Å². The Morgan fingerprint density at radius 1 is 1.31 bits per heavy atom. The maximum absolute atomic E-state index is 12.6. The zero-order chi connectivity index (χ0) is 9.31. The first-order valence-corrected chi connectivity index (χ1v) is 5.42. The average Bonchev–Trinajstić information content (AvgIpc) is 2.54. The van der Waals surface area contributed by atoms with E-state index in [9.17, 15) is 9.50 Å². The number of thioether (sulfide) groups is 1. The molecule has 0 saturated carbocycles. The van der Waals surface area contributed by atoms with Crippen molar-refractivity contribution in [3.05, 3.63) is 35.6 Å². The second-order valence-electron chi connectivity index (χ2n) is 3.34. The summed E-state index contributed by atoms with van der Waals surface area (Å²) in [5.74, 6) is 1.45. The van der Waals surface area contributed by atoms with Crippen molar-refractivity contribution in [2.45, 2.75) is 12.0 Å². The van der Waals surface area contributed by atoms with Crippen molar-refractivity contribution >= 4 is 11.8 Å². The minimum Gasteiger partial charge on any atom is -0.384 e. The van der Waals surface area contributed by atoms with Crippen molar-refractivity contribution < 1.29 is 9.50 Å². The fraction of sp³-hybridized carbons (Fsp3) is 0.400. The quantitative estimate of drug-likeness (QED) is 0.746. The topological polar surface area (TPSA) is 20.2 Å². The van der Waals surface area contributed by atoms with Crippen LogP contribution in [-0.2, 0) is 5.60 Å². The summed E-state index contributed by atoms with van der Waals surface area (Å²) in [6.07, 6.45) is 0.767. The van der Waals surface area contributed by atoms with Crippen LogP contribution in [-0.4, -0.2) is 16.6 Å². The van der Waals surface area contributed by atoms with Gasteiger partial charge in [0.1, 0.15) is 5.82 Å². The summed E-state index contributed by atoms with van der Waals surface area (Å²) < 4.78 is 12.6. The molecular weight excluding hydrogens is 187 g/mol. The average molecular weight is 198 g/mol. The third-order valence-electron chi connectivity index (χ3n) is 2.38. The zero-order valence-electron chi connectivity index (χ0n) is 7.16. The maximum atomic E-state index is 12.6. The van der Waals surface area contributed by atoms with E-state index in [1.165, 1.54) is 12.1 Å². The van der Waals surface area contributed by atoms with E-state index in [1.54, 1.807) is 23.9 Å². The van der Waals surface area contributed by atoms with Crippen LogP contribution < -0.4 is 0 Å². The lowest BCUT2D eigenvalue weighted by atomic mass is 9.93. The SMILES string of the molecule is O[C@@]1(c2ccc(F)cc2)CCSC1. The fourth-order valence-electron chi connectivity index (χ4n) is 1.54. The Labute approximate surface area is 81.0 Å². The van der Waals surface area contributed by atoms with Crippen LogP contribution in [0.1, 0.15) is 12.0 Å². The normalized spacial score (nSPS) is 27.8. The molecule has 1 nitrogen and oxygen atoms in total. The third-order valence-corrected chi connectivity index (χ3v) is 3.56. The van der Waals surface area contributed by atoms with E-state index in [2.05, 4.69) is 0 Å². The highest BCUT2D eigenvalue weighted by Crippen LogP contribution is 2.36. The smallest absolute Gasteiger partial charge is 0.123 e. The predicted molar refractivity (Wildman–Crippen MR) is 52.2 cm³/mol. The lowest BCUT2D eigenvalue weighted by Gasteiger charge is -2.21. The lowest BCUT2D eigenvalue weighted by molar-refractivity contribution is 0.0657. The molecule has 0 amide bonds. The Bertz CT molecular complexity index is 290. The number of benzene rings is 1. The highest BCUT2D eigenvalue weighted by Gasteiger charge is 2.33. The van der Waals surface area contributed by atoms with Gasteiger partial charge < -0.3 is 5.11 Å². The van der Waals surface area contributed by atoms with Gasteiger partial charge in [-0.05, 0) is 29.9 Å². The van der Waals surface area contributed by atoms with E-state index in [4.69, 9.17) is 0 Å². The number of hydrogen-bond acceptors (Lipinski definition) is 2. The molecule has 0 bridgehead atoms. The minimum atomic E-state index is -0.724. The van der Waals surface area contributed by atoms with Gasteiger partial charge in [0.25, 0.3) is 0 Å². The number of hydrogen-bond donors (Lipinski definition) is 1. The van der Waals surface area contributed by atoms with Gasteiger partial charge in [-0.25, -0.2) is 4.39 Å². The van der Waals surface area contributed by atoms with Crippen LogP contribution in [0.15, 0.2) is 24.3 Å². The molecule has 1 aliphatic heterocycles. The highest BCUT2D eigenvalue weighted by molar-refractivity contribution is 7.99. The van der Waals surface area contributed by atoms with Gasteiger partial charge in [0.2, 0.25) is 0 Å². The standard InChI is InChI=1S/C10H11FOS/c11-9-3-1-8(2-4-9)10(12)5-6-13-7-10/h1-4,12H,5-7H2/t10-/m0/s1. The van der Waals surface area contributed by atoms with Crippen LogP contribution in [0.4, 0.5) is 4.39 Å². The first-order chi connectivity index (χ1) is 6.21. The van der Waals surface area contributed by atoms with E-state index < -0.39 is 5.60 Å². The molecular formula is C10H11FOS. The molecule has 3 heteroatoms. The molecule has 0 unspecified atom stereocenters. The summed E-state index contributed by atoms with van der Waals surface area (Å²) in [4.78, 5) is 0. The van der Waals surface area contributed by atoms with E-state index in [-0.39, 0.29) is 5.82 Å². The summed E-state index contributed by atoms with van der Waals surface area (Å²) in [5.41, 5.74) is 0.108. The molecule has 1 aromatic carbocycles. The molecule has 1 aromatic rings. The Morgan fingerprint density at radius 3 is 2.54 bits per heavy atom. The van der Waals surface area contributed by atoms with Gasteiger partial charge in [0, 0.05) is 5.75 Å². The molecule has 1 heterocycles. The molecule has 70 valence electrons. The van der Waals surface area contributed by atoms with E-state index in [0.717, 1.165) is 23.5 Å². The van der Waals surface area contributed by atoms with Gasteiger partial charge in [-0.1, -0.05) is 12.1 Å². The van der Waals surface area contributed by atoms with E-state index in [1.807, 2.05) is 0 Å². The number of aliphatic hydroxyl groups is 1. The Morgan fingerprint density at radius 2 is 2.00 bits per heavy atom. The van der Waals surface area contributed by atoms with Gasteiger partial charge in [-0.3, -0.25) is 0 Å². The number of rotatable bonds is 1. The molecule has 0 radical (unpaired) electrons. The summed E-state index contributed by atoms with van der Waals surface area (Å²) in [6, 6.07) is 6.13. The van der Waals surface area contributed by atoms with E-state index >= 15 is 0 Å². The molecule has 0 spiro atoms. The molecule has 1 fully saturated rings. The fourth-order valence-corrected chi connectivity index (χ4v) is 2.82. The summed E-state index contributed by atoms with van der Waals surface area (Å²) in [6.45, 7) is 0. The maximum Gasteiger partial charge on any atom is 0.123 e. The minimum absolute atomic E-state index is 0.252. The van der Waals surface area contributed by atoms with Gasteiger partial charge in [-0.2, -0.15) is 11.8 Å². The van der Waals surface area contributed by atoms with Crippen molar-refractivity contribution in [2.24, 2.45) is 0 Å². The first-order valence-electron chi connectivity index (χ1n) is 4.27. The second kappa shape index (κ2) is 3.31. The highest BCUT2D eigenvalue weighted by atomic mass is 32.2. The number of halogens is 1. The first kappa shape index (κ1) is 9.03. The van der Waals surface area contributed by atoms with Crippen molar-refractivity contribution in [2.75, 3.05) is 11.5 Å². The summed E-state index contributed by atoms with van der Waals surface area (Å²) in [7, 11) is 0. The molecule has 2 rings (SSSR count). The Kier molecular flexibility index (Phi) is 2.30. The summed E-state index contributed by atoms with van der Waals surface area (Å²) in [5, 5.41) is 10.1. The van der Waals surface area contributed by atoms with Crippen LogP contribution in [0.2, 0.25) is 0 Å². The van der Waals surface area contributed by atoms with Gasteiger partial charge in [0.15, 0.2) is 0 Å². The van der Waals surface area contributed by atoms with Crippen LogP contribution in [0.5, 0.6) is 0 Å². The van der Waals surface area contributed by atoms with Crippen molar-refractivity contribution in [1.29, 1.82) is 0 Å². The zero-order valence-corrected chi connectivity index (χ0v) is 7.98. The Hall–Kier alpha value is -0.540. The molecule has 13 heavy (non-hydrogen) atoms. The van der Waals surface area contributed by atoms with Crippen molar-refractivity contribution in [3.8, 4) is 0 Å². The predicted octanol–water partition coefficient (Wildman–Crippen LogP) is 2.15. The molecule has 1 saturated heterocycles. The van der Waals surface area contributed by atoms with Gasteiger partial charge in [0.05, 0.1) is 5.60 Å². The third kappa shape index (κ3) is 1.71. The molecule has 0 aliphatic carbocycles. The molecule has 0 aromatic heterocycles. The molecule has 1 aliphatic rings.